The number of carbonyl (C=O) groups is 2. The number of anilines is 1. The molecule has 3 N–H and O–H groups in total. The van der Waals surface area contributed by atoms with E-state index in [2.05, 4.69) is 4.98 Å². The maximum Gasteiger partial charge on any atom is 0.340 e. The second kappa shape index (κ2) is 7.37. The highest BCUT2D eigenvalue weighted by Gasteiger charge is 2.62. The molecule has 1 spiro atoms. The Labute approximate surface area is 189 Å². The van der Waals surface area contributed by atoms with Gasteiger partial charge in [-0.2, -0.15) is 0 Å². The molecule has 2 aliphatic rings. The van der Waals surface area contributed by atoms with Gasteiger partial charge >= 0.3 is 5.97 Å². The Kier molecular flexibility index (Phi) is 4.59. The van der Waals surface area contributed by atoms with Crippen molar-refractivity contribution in [1.82, 2.24) is 4.98 Å². The normalized spacial score (nSPS) is 18.7. The molecule has 0 saturated carbocycles. The molecule has 1 aromatic heterocycles. The number of pyridine rings is 1. The molecule has 0 aliphatic carbocycles. The summed E-state index contributed by atoms with van der Waals surface area (Å²) in [6, 6.07) is 18.1. The number of benzene rings is 2. The summed E-state index contributed by atoms with van der Waals surface area (Å²) >= 11 is 0. The van der Waals surface area contributed by atoms with E-state index in [1.807, 2.05) is 30.3 Å². The second-order valence-electron chi connectivity index (χ2n) is 8.00. The highest BCUT2D eigenvalue weighted by atomic mass is 16.5. The summed E-state index contributed by atoms with van der Waals surface area (Å²) in [6.07, 6.45) is 0. The number of methoxy groups -OCH3 is 1. The molecule has 0 saturated heterocycles. The predicted octanol–water partition coefficient (Wildman–Crippen LogP) is 2.25. The van der Waals surface area contributed by atoms with Gasteiger partial charge in [0.25, 0.3) is 5.56 Å². The Hall–Kier alpha value is -4.33. The molecule has 1 atom stereocenters. The average Bonchev–Trinajstić information content (AvgIpc) is 3.02. The standard InChI is InChI=1S/C25H21N3O5/c1-14-12-18-19(22(29)27-14)25(20(21(26)33-18)23(30)32-2)16-10-6-7-11-17(16)28(24(25)31)13-15-8-4-3-5-9-15/h3-12H,13,26H2,1-2H3,(H,27,29)/t25-/m1/s1. The van der Waals surface area contributed by atoms with Crippen LogP contribution in [0.5, 0.6) is 5.75 Å². The monoisotopic (exact) mass is 443 g/mol. The van der Waals surface area contributed by atoms with Gasteiger partial charge in [0.15, 0.2) is 0 Å². The molecule has 2 aliphatic heterocycles. The maximum atomic E-state index is 14.3. The summed E-state index contributed by atoms with van der Waals surface area (Å²) in [4.78, 5) is 45.0. The van der Waals surface area contributed by atoms with Crippen molar-refractivity contribution in [2.24, 2.45) is 5.73 Å². The minimum atomic E-state index is -1.81. The largest absolute Gasteiger partial charge is 0.465 e. The molecule has 2 aromatic carbocycles. The molecular formula is C25H21N3O5. The van der Waals surface area contributed by atoms with Crippen LogP contribution in [0.1, 0.15) is 22.4 Å². The van der Waals surface area contributed by atoms with E-state index >= 15 is 0 Å². The van der Waals surface area contributed by atoms with Crippen LogP contribution < -0.4 is 20.9 Å². The van der Waals surface area contributed by atoms with Crippen molar-refractivity contribution in [3.05, 3.63) is 105 Å². The Bertz CT molecular complexity index is 1390. The molecule has 33 heavy (non-hydrogen) atoms. The van der Waals surface area contributed by atoms with E-state index in [0.29, 0.717) is 16.9 Å². The summed E-state index contributed by atoms with van der Waals surface area (Å²) in [5, 5.41) is 0. The molecule has 3 aromatic rings. The van der Waals surface area contributed by atoms with E-state index in [9.17, 15) is 14.4 Å². The molecular weight excluding hydrogens is 422 g/mol. The fraction of sp³-hybridized carbons (Fsp3) is 0.160. The SMILES string of the molecule is COC(=O)C1=C(N)Oc2cc(C)[nH]c(=O)c2[C@@]12C(=O)N(Cc1ccccc1)c1ccccc12. The van der Waals surface area contributed by atoms with Crippen LogP contribution in [0.15, 0.2) is 76.9 Å². The van der Waals surface area contributed by atoms with Crippen molar-refractivity contribution in [3.63, 3.8) is 0 Å². The van der Waals surface area contributed by atoms with Crippen LogP contribution in [0.4, 0.5) is 5.69 Å². The number of ether oxygens (including phenoxy) is 2. The first-order valence-electron chi connectivity index (χ1n) is 10.4. The van der Waals surface area contributed by atoms with Crippen molar-refractivity contribution in [2.45, 2.75) is 18.9 Å². The smallest absolute Gasteiger partial charge is 0.340 e. The molecule has 0 unspecified atom stereocenters. The van der Waals surface area contributed by atoms with Crippen LogP contribution in [-0.4, -0.2) is 24.0 Å². The zero-order valence-electron chi connectivity index (χ0n) is 18.0. The van der Waals surface area contributed by atoms with Gasteiger partial charge < -0.3 is 25.1 Å². The number of para-hydroxylation sites is 1. The maximum absolute atomic E-state index is 14.3. The molecule has 5 rings (SSSR count). The summed E-state index contributed by atoms with van der Waals surface area (Å²) in [6.45, 7) is 1.94. The van der Waals surface area contributed by atoms with E-state index in [-0.39, 0.29) is 29.3 Å². The number of nitrogens with zero attached hydrogens (tertiary/aromatic N) is 1. The first-order chi connectivity index (χ1) is 15.9. The number of rotatable bonds is 3. The number of carbonyl (C=O) groups excluding carboxylic acids is 2. The van der Waals surface area contributed by atoms with E-state index < -0.39 is 22.9 Å². The van der Waals surface area contributed by atoms with Crippen LogP contribution in [-0.2, 0) is 26.3 Å². The Morgan fingerprint density at radius 1 is 1.12 bits per heavy atom. The molecule has 1 amide bonds. The Morgan fingerprint density at radius 3 is 2.55 bits per heavy atom. The van der Waals surface area contributed by atoms with Gasteiger partial charge in [-0.15, -0.1) is 0 Å². The third kappa shape index (κ3) is 2.80. The lowest BCUT2D eigenvalue weighted by Gasteiger charge is -2.35. The van der Waals surface area contributed by atoms with Crippen LogP contribution in [0, 0.1) is 6.92 Å². The number of aryl methyl sites for hydroxylation is 1. The first kappa shape index (κ1) is 20.6. The van der Waals surface area contributed by atoms with Gasteiger partial charge in [-0.05, 0) is 18.6 Å². The number of nitrogens with two attached hydrogens (primary N) is 1. The fourth-order valence-electron chi connectivity index (χ4n) is 4.79. The fourth-order valence-corrected chi connectivity index (χ4v) is 4.79. The number of amides is 1. The quantitative estimate of drug-likeness (QED) is 0.600. The molecule has 0 radical (unpaired) electrons. The van der Waals surface area contributed by atoms with Crippen molar-refractivity contribution in [2.75, 3.05) is 12.0 Å². The molecule has 0 bridgehead atoms. The molecule has 3 heterocycles. The first-order valence-corrected chi connectivity index (χ1v) is 10.4. The highest BCUT2D eigenvalue weighted by Crippen LogP contribution is 2.54. The van der Waals surface area contributed by atoms with Crippen molar-refractivity contribution < 1.29 is 19.1 Å². The van der Waals surface area contributed by atoms with Crippen LogP contribution in [0.25, 0.3) is 0 Å². The number of nitrogens with one attached hydrogen (secondary N) is 1. The van der Waals surface area contributed by atoms with Gasteiger partial charge in [-0.3, -0.25) is 9.59 Å². The highest BCUT2D eigenvalue weighted by molar-refractivity contribution is 6.18. The second-order valence-corrected chi connectivity index (χ2v) is 8.00. The lowest BCUT2D eigenvalue weighted by atomic mass is 9.68. The third-order valence-corrected chi connectivity index (χ3v) is 6.09. The summed E-state index contributed by atoms with van der Waals surface area (Å²) < 4.78 is 10.7. The zero-order valence-corrected chi connectivity index (χ0v) is 18.0. The lowest BCUT2D eigenvalue weighted by molar-refractivity contribution is -0.138. The van der Waals surface area contributed by atoms with Gasteiger partial charge in [0.05, 0.1) is 19.2 Å². The van der Waals surface area contributed by atoms with Gasteiger partial charge in [0.2, 0.25) is 11.8 Å². The number of hydrogen-bond acceptors (Lipinski definition) is 6. The van der Waals surface area contributed by atoms with Gasteiger partial charge in [-0.25, -0.2) is 4.79 Å². The van der Waals surface area contributed by atoms with Crippen molar-refractivity contribution in [3.8, 4) is 5.75 Å². The summed E-state index contributed by atoms with van der Waals surface area (Å²) in [5.74, 6) is -1.46. The van der Waals surface area contributed by atoms with E-state index in [4.69, 9.17) is 15.2 Å². The third-order valence-electron chi connectivity index (χ3n) is 6.09. The van der Waals surface area contributed by atoms with E-state index in [1.165, 1.54) is 7.11 Å². The molecule has 8 heteroatoms. The summed E-state index contributed by atoms with van der Waals surface area (Å²) in [7, 11) is 1.19. The van der Waals surface area contributed by atoms with Gasteiger partial charge in [0, 0.05) is 23.0 Å². The van der Waals surface area contributed by atoms with E-state index in [1.54, 1.807) is 42.2 Å². The molecule has 166 valence electrons. The number of fused-ring (bicyclic) bond motifs is 4. The van der Waals surface area contributed by atoms with Gasteiger partial charge in [-0.1, -0.05) is 48.5 Å². The number of H-pyrrole nitrogens is 1. The van der Waals surface area contributed by atoms with Crippen molar-refractivity contribution >= 4 is 17.6 Å². The predicted molar refractivity (Wildman–Crippen MR) is 121 cm³/mol. The molecule has 0 fully saturated rings. The topological polar surface area (TPSA) is 115 Å². The van der Waals surface area contributed by atoms with Gasteiger partial charge in [0.1, 0.15) is 16.7 Å². The van der Waals surface area contributed by atoms with Crippen LogP contribution in [0.3, 0.4) is 0 Å². The van der Waals surface area contributed by atoms with Crippen LogP contribution >= 0.6 is 0 Å². The summed E-state index contributed by atoms with van der Waals surface area (Å²) in [5.41, 5.74) is 6.13. The Morgan fingerprint density at radius 2 is 1.82 bits per heavy atom. The lowest BCUT2D eigenvalue weighted by Crippen LogP contribution is -2.51. The number of aromatic amines is 1. The zero-order chi connectivity index (χ0) is 23.3. The van der Waals surface area contributed by atoms with E-state index in [0.717, 1.165) is 5.56 Å². The van der Waals surface area contributed by atoms with Crippen molar-refractivity contribution in [1.29, 1.82) is 0 Å². The van der Waals surface area contributed by atoms with Crippen LogP contribution in [0.2, 0.25) is 0 Å². The number of esters is 1. The Balaban J connectivity index is 1.86. The number of aromatic nitrogens is 1. The average molecular weight is 443 g/mol. The molecule has 8 nitrogen and oxygen atoms in total. The minimum Gasteiger partial charge on any atom is -0.465 e. The number of hydrogen-bond donors (Lipinski definition) is 2. The minimum absolute atomic E-state index is 0.00992.